The van der Waals surface area contributed by atoms with Crippen LogP contribution in [0.1, 0.15) is 11.6 Å². The van der Waals surface area contributed by atoms with Crippen molar-refractivity contribution in [1.29, 1.82) is 0 Å². The zero-order valence-electron chi connectivity index (χ0n) is 9.36. The highest BCUT2D eigenvalue weighted by atomic mass is 127. The lowest BCUT2D eigenvalue weighted by molar-refractivity contribution is 0.875. The molecule has 1 aromatic heterocycles. The highest BCUT2D eigenvalue weighted by molar-refractivity contribution is 14.1. The summed E-state index contributed by atoms with van der Waals surface area (Å²) in [6, 6.07) is 9.75. The average molecular weight is 376 g/mol. The van der Waals surface area contributed by atoms with E-state index in [0.717, 1.165) is 5.56 Å². The number of aromatic amines is 1. The predicted molar refractivity (Wildman–Crippen MR) is 81.1 cm³/mol. The highest BCUT2D eigenvalue weighted by Gasteiger charge is 2.13. The van der Waals surface area contributed by atoms with Gasteiger partial charge in [0.2, 0.25) is 0 Å². The monoisotopic (exact) mass is 375 g/mol. The minimum Gasteiger partial charge on any atom is -0.361 e. The number of aromatic nitrogens is 2. The molecule has 4 nitrogen and oxygen atoms in total. The molecule has 18 heavy (non-hydrogen) atoms. The van der Waals surface area contributed by atoms with Crippen LogP contribution >= 0.6 is 34.2 Å². The minimum absolute atomic E-state index is 0.0734. The molecule has 0 radical (unpaired) electrons. The third-order valence-corrected chi connectivity index (χ3v) is 3.77. The average Bonchev–Trinajstić information content (AvgIpc) is 2.41. The van der Waals surface area contributed by atoms with Gasteiger partial charge in [-0.25, -0.2) is 4.98 Å². The molecule has 1 heterocycles. The molecule has 1 aromatic carbocycles. The molecule has 94 valence electrons. The number of halogens is 2. The zero-order chi connectivity index (χ0) is 13.0. The number of nitrogens with zero attached hydrogens (tertiary/aromatic N) is 1. The number of nitrogens with one attached hydrogen (secondary N) is 2. The van der Waals surface area contributed by atoms with E-state index >= 15 is 0 Å². The smallest absolute Gasteiger partial charge is 0.266 e. The Kier molecular flexibility index (Phi) is 4.60. The van der Waals surface area contributed by atoms with Gasteiger partial charge in [0.15, 0.2) is 0 Å². The van der Waals surface area contributed by atoms with Crippen molar-refractivity contribution < 1.29 is 0 Å². The largest absolute Gasteiger partial charge is 0.361 e. The van der Waals surface area contributed by atoms with Crippen LogP contribution in [-0.2, 0) is 0 Å². The molecule has 0 saturated carbocycles. The fourth-order valence-corrected chi connectivity index (χ4v) is 2.25. The van der Waals surface area contributed by atoms with Crippen LogP contribution in [0.4, 0.5) is 5.82 Å². The molecule has 0 amide bonds. The molecule has 0 bridgehead atoms. The van der Waals surface area contributed by atoms with Crippen molar-refractivity contribution in [2.45, 2.75) is 6.04 Å². The SMILES string of the molecule is O=c1[nH]cnc(NC(CCl)c2ccccc2)c1I. The first kappa shape index (κ1) is 13.4. The fraction of sp³-hybridized carbons (Fsp3) is 0.167. The van der Waals surface area contributed by atoms with E-state index in [2.05, 4.69) is 15.3 Å². The van der Waals surface area contributed by atoms with Crippen LogP contribution in [-0.4, -0.2) is 15.8 Å². The van der Waals surface area contributed by atoms with Crippen molar-refractivity contribution in [3.63, 3.8) is 0 Å². The van der Waals surface area contributed by atoms with Gasteiger partial charge < -0.3 is 10.3 Å². The van der Waals surface area contributed by atoms with Crippen LogP contribution in [0.2, 0.25) is 0 Å². The Bertz CT molecular complexity index is 573. The molecular formula is C12H11ClIN3O. The maximum absolute atomic E-state index is 11.5. The van der Waals surface area contributed by atoms with E-state index in [1.54, 1.807) is 0 Å². The number of anilines is 1. The molecule has 2 N–H and O–H groups in total. The van der Waals surface area contributed by atoms with Gasteiger partial charge in [0.1, 0.15) is 9.39 Å². The summed E-state index contributed by atoms with van der Waals surface area (Å²) < 4.78 is 0.529. The third-order valence-electron chi connectivity index (χ3n) is 2.46. The summed E-state index contributed by atoms with van der Waals surface area (Å²) in [5, 5.41) is 3.18. The van der Waals surface area contributed by atoms with E-state index in [9.17, 15) is 4.79 Å². The van der Waals surface area contributed by atoms with E-state index in [1.807, 2.05) is 52.9 Å². The predicted octanol–water partition coefficient (Wildman–Crippen LogP) is 2.77. The molecule has 0 aliphatic rings. The summed E-state index contributed by atoms with van der Waals surface area (Å²) in [4.78, 5) is 18.1. The number of hydrogen-bond acceptors (Lipinski definition) is 3. The Morgan fingerprint density at radius 3 is 2.78 bits per heavy atom. The molecule has 0 aliphatic carbocycles. The standard InChI is InChI=1S/C12H11ClIN3O/c13-6-9(8-4-2-1-3-5-8)17-11-10(14)12(18)16-7-15-11/h1-5,7,9H,6H2,(H2,15,16,17,18). The fourth-order valence-electron chi connectivity index (χ4n) is 1.55. The molecular weight excluding hydrogens is 365 g/mol. The molecule has 6 heteroatoms. The second kappa shape index (κ2) is 6.19. The van der Waals surface area contributed by atoms with Crippen molar-refractivity contribution in [2.75, 3.05) is 11.2 Å². The number of rotatable bonds is 4. The summed E-state index contributed by atoms with van der Waals surface area (Å²) in [5.41, 5.74) is 0.903. The van der Waals surface area contributed by atoms with E-state index < -0.39 is 0 Å². The Morgan fingerprint density at radius 2 is 2.11 bits per heavy atom. The van der Waals surface area contributed by atoms with Crippen LogP contribution in [0.25, 0.3) is 0 Å². The third kappa shape index (κ3) is 3.02. The Morgan fingerprint density at radius 1 is 1.39 bits per heavy atom. The van der Waals surface area contributed by atoms with Crippen molar-refractivity contribution in [2.24, 2.45) is 0 Å². The van der Waals surface area contributed by atoms with Crippen LogP contribution in [0, 0.1) is 3.57 Å². The lowest BCUT2D eigenvalue weighted by Crippen LogP contribution is -2.19. The van der Waals surface area contributed by atoms with E-state index in [0.29, 0.717) is 15.3 Å². The van der Waals surface area contributed by atoms with Gasteiger partial charge >= 0.3 is 0 Å². The molecule has 2 rings (SSSR count). The summed E-state index contributed by atoms with van der Waals surface area (Å²) in [6.07, 6.45) is 1.38. The van der Waals surface area contributed by atoms with Gasteiger partial charge in [0.05, 0.1) is 12.4 Å². The summed E-state index contributed by atoms with van der Waals surface area (Å²) >= 11 is 7.93. The second-order valence-corrected chi connectivity index (χ2v) is 5.04. The second-order valence-electron chi connectivity index (χ2n) is 3.66. The van der Waals surface area contributed by atoms with Gasteiger partial charge in [-0.15, -0.1) is 11.6 Å². The molecule has 0 saturated heterocycles. The lowest BCUT2D eigenvalue weighted by Gasteiger charge is -2.17. The van der Waals surface area contributed by atoms with E-state index in [1.165, 1.54) is 6.33 Å². The highest BCUT2D eigenvalue weighted by Crippen LogP contribution is 2.21. The minimum atomic E-state index is -0.158. The summed E-state index contributed by atoms with van der Waals surface area (Å²) in [7, 11) is 0. The normalized spacial score (nSPS) is 12.1. The molecule has 1 atom stereocenters. The number of H-pyrrole nitrogens is 1. The van der Waals surface area contributed by atoms with E-state index in [4.69, 9.17) is 11.6 Å². The summed E-state index contributed by atoms with van der Waals surface area (Å²) in [6.45, 7) is 0. The van der Waals surface area contributed by atoms with Gasteiger partial charge in [-0.05, 0) is 28.2 Å². The zero-order valence-corrected chi connectivity index (χ0v) is 12.3. The van der Waals surface area contributed by atoms with Crippen molar-refractivity contribution in [3.05, 3.63) is 56.1 Å². The van der Waals surface area contributed by atoms with Gasteiger partial charge in [-0.1, -0.05) is 30.3 Å². The Labute approximate surface area is 123 Å². The maximum Gasteiger partial charge on any atom is 0.266 e. The quantitative estimate of drug-likeness (QED) is 0.638. The first-order chi connectivity index (χ1) is 8.72. The van der Waals surface area contributed by atoms with Crippen molar-refractivity contribution in [1.82, 2.24) is 9.97 Å². The van der Waals surface area contributed by atoms with Crippen LogP contribution in [0.3, 0.4) is 0 Å². The first-order valence-electron chi connectivity index (χ1n) is 5.33. The Hall–Kier alpha value is -1.08. The first-order valence-corrected chi connectivity index (χ1v) is 6.94. The van der Waals surface area contributed by atoms with Gasteiger partial charge in [0, 0.05) is 5.88 Å². The van der Waals surface area contributed by atoms with Gasteiger partial charge in [0.25, 0.3) is 5.56 Å². The van der Waals surface area contributed by atoms with Crippen LogP contribution in [0.5, 0.6) is 0 Å². The maximum atomic E-state index is 11.5. The van der Waals surface area contributed by atoms with Gasteiger partial charge in [-0.3, -0.25) is 4.79 Å². The lowest BCUT2D eigenvalue weighted by atomic mass is 10.1. The number of hydrogen-bond donors (Lipinski definition) is 2. The molecule has 0 aliphatic heterocycles. The van der Waals surface area contributed by atoms with Crippen LogP contribution < -0.4 is 10.9 Å². The van der Waals surface area contributed by atoms with Crippen LogP contribution in [0.15, 0.2) is 41.5 Å². The topological polar surface area (TPSA) is 57.8 Å². The number of benzene rings is 1. The van der Waals surface area contributed by atoms with Crippen molar-refractivity contribution >= 4 is 40.0 Å². The Balaban J connectivity index is 2.26. The molecule has 0 spiro atoms. The van der Waals surface area contributed by atoms with Crippen molar-refractivity contribution in [3.8, 4) is 0 Å². The molecule has 2 aromatic rings. The van der Waals surface area contributed by atoms with E-state index in [-0.39, 0.29) is 11.6 Å². The van der Waals surface area contributed by atoms with Gasteiger partial charge in [-0.2, -0.15) is 0 Å². The molecule has 0 fully saturated rings. The number of alkyl halides is 1. The molecule has 1 unspecified atom stereocenters. The summed E-state index contributed by atoms with van der Waals surface area (Å²) in [5.74, 6) is 0.947.